The second-order valence-corrected chi connectivity index (χ2v) is 6.41. The SMILES string of the molecule is C[C@H]1OCCN[C@@H]1C(=O)NCC1(C(=O)N(C)C)CCCC1.Cl. The molecule has 7 heteroatoms. The Hall–Kier alpha value is -0.850. The van der Waals surface area contributed by atoms with Crippen LogP contribution in [0.15, 0.2) is 0 Å². The van der Waals surface area contributed by atoms with Crippen molar-refractivity contribution in [3.63, 3.8) is 0 Å². The Labute approximate surface area is 138 Å². The van der Waals surface area contributed by atoms with Gasteiger partial charge in [0.15, 0.2) is 0 Å². The highest BCUT2D eigenvalue weighted by atomic mass is 35.5. The molecule has 0 radical (unpaired) electrons. The van der Waals surface area contributed by atoms with Crippen molar-refractivity contribution in [1.82, 2.24) is 15.5 Å². The number of rotatable bonds is 4. The van der Waals surface area contributed by atoms with Crippen LogP contribution in [0.2, 0.25) is 0 Å². The molecule has 0 spiro atoms. The first-order valence-electron chi connectivity index (χ1n) is 7.81. The number of morpholine rings is 1. The van der Waals surface area contributed by atoms with Crippen LogP contribution in [0.4, 0.5) is 0 Å². The van der Waals surface area contributed by atoms with Crippen LogP contribution >= 0.6 is 12.4 Å². The molecule has 0 bridgehead atoms. The van der Waals surface area contributed by atoms with Crippen LogP contribution in [-0.2, 0) is 14.3 Å². The summed E-state index contributed by atoms with van der Waals surface area (Å²) in [5.74, 6) is 0.0567. The molecule has 1 aliphatic heterocycles. The van der Waals surface area contributed by atoms with E-state index in [1.165, 1.54) is 0 Å². The number of hydrogen-bond donors (Lipinski definition) is 2. The molecular formula is C15H28ClN3O3. The lowest BCUT2D eigenvalue weighted by Gasteiger charge is -2.33. The minimum absolute atomic E-state index is 0. The Morgan fingerprint density at radius 1 is 1.32 bits per heavy atom. The van der Waals surface area contributed by atoms with Gasteiger partial charge in [-0.05, 0) is 19.8 Å². The summed E-state index contributed by atoms with van der Waals surface area (Å²) in [7, 11) is 3.56. The van der Waals surface area contributed by atoms with Gasteiger partial charge >= 0.3 is 0 Å². The topological polar surface area (TPSA) is 70.7 Å². The molecule has 0 aromatic carbocycles. The molecule has 0 aromatic rings. The third-order valence-electron chi connectivity index (χ3n) is 4.62. The van der Waals surface area contributed by atoms with E-state index in [0.717, 1.165) is 25.7 Å². The quantitative estimate of drug-likeness (QED) is 0.788. The number of nitrogens with zero attached hydrogens (tertiary/aromatic N) is 1. The van der Waals surface area contributed by atoms with Crippen LogP contribution in [0.25, 0.3) is 0 Å². The lowest BCUT2D eigenvalue weighted by atomic mass is 9.84. The van der Waals surface area contributed by atoms with Crippen molar-refractivity contribution in [2.24, 2.45) is 5.41 Å². The first-order valence-corrected chi connectivity index (χ1v) is 7.81. The van der Waals surface area contributed by atoms with Crippen molar-refractivity contribution in [2.75, 3.05) is 33.8 Å². The maximum atomic E-state index is 12.5. The monoisotopic (exact) mass is 333 g/mol. The summed E-state index contributed by atoms with van der Waals surface area (Å²) < 4.78 is 5.50. The van der Waals surface area contributed by atoms with Crippen LogP contribution < -0.4 is 10.6 Å². The van der Waals surface area contributed by atoms with Crippen molar-refractivity contribution < 1.29 is 14.3 Å². The lowest BCUT2D eigenvalue weighted by molar-refractivity contribution is -0.140. The Morgan fingerprint density at radius 2 is 1.95 bits per heavy atom. The normalized spacial score (nSPS) is 26.9. The van der Waals surface area contributed by atoms with Gasteiger partial charge in [0, 0.05) is 27.2 Å². The van der Waals surface area contributed by atoms with E-state index in [-0.39, 0.29) is 36.4 Å². The van der Waals surface area contributed by atoms with Gasteiger partial charge in [-0.15, -0.1) is 12.4 Å². The van der Waals surface area contributed by atoms with Crippen LogP contribution in [0.3, 0.4) is 0 Å². The molecule has 2 N–H and O–H groups in total. The zero-order valence-corrected chi connectivity index (χ0v) is 14.5. The molecule has 1 heterocycles. The molecule has 2 amide bonds. The van der Waals surface area contributed by atoms with Crippen molar-refractivity contribution in [3.05, 3.63) is 0 Å². The van der Waals surface area contributed by atoms with E-state index in [2.05, 4.69) is 10.6 Å². The molecule has 1 saturated heterocycles. The number of ether oxygens (including phenoxy) is 1. The Morgan fingerprint density at radius 3 is 2.50 bits per heavy atom. The zero-order valence-electron chi connectivity index (χ0n) is 13.7. The molecule has 1 saturated carbocycles. The summed E-state index contributed by atoms with van der Waals surface area (Å²) in [5, 5.41) is 6.15. The maximum absolute atomic E-state index is 12.5. The van der Waals surface area contributed by atoms with Crippen LogP contribution in [-0.4, -0.2) is 62.7 Å². The van der Waals surface area contributed by atoms with Gasteiger partial charge in [0.1, 0.15) is 6.04 Å². The second kappa shape index (κ2) is 8.13. The van der Waals surface area contributed by atoms with Gasteiger partial charge in [-0.2, -0.15) is 0 Å². The highest BCUT2D eigenvalue weighted by Gasteiger charge is 2.42. The van der Waals surface area contributed by atoms with Gasteiger partial charge in [0.05, 0.1) is 18.1 Å². The van der Waals surface area contributed by atoms with Crippen LogP contribution in [0.1, 0.15) is 32.6 Å². The van der Waals surface area contributed by atoms with Crippen molar-refractivity contribution in [3.8, 4) is 0 Å². The highest BCUT2D eigenvalue weighted by Crippen LogP contribution is 2.38. The van der Waals surface area contributed by atoms with Gasteiger partial charge in [0.25, 0.3) is 0 Å². The second-order valence-electron chi connectivity index (χ2n) is 6.41. The highest BCUT2D eigenvalue weighted by molar-refractivity contribution is 5.86. The first kappa shape index (κ1) is 19.2. The third kappa shape index (κ3) is 4.12. The van der Waals surface area contributed by atoms with Gasteiger partial charge < -0.3 is 20.3 Å². The van der Waals surface area contributed by atoms with Crippen molar-refractivity contribution >= 4 is 24.2 Å². The number of amides is 2. The number of hydrogen-bond acceptors (Lipinski definition) is 4. The van der Waals surface area contributed by atoms with Gasteiger partial charge in [-0.1, -0.05) is 12.8 Å². The number of nitrogens with one attached hydrogen (secondary N) is 2. The molecule has 0 aromatic heterocycles. The summed E-state index contributed by atoms with van der Waals surface area (Å²) in [4.78, 5) is 26.4. The van der Waals surface area contributed by atoms with E-state index in [9.17, 15) is 9.59 Å². The molecular weight excluding hydrogens is 306 g/mol. The van der Waals surface area contributed by atoms with Crippen molar-refractivity contribution in [1.29, 1.82) is 0 Å². The molecule has 2 aliphatic rings. The van der Waals surface area contributed by atoms with Crippen molar-refractivity contribution in [2.45, 2.75) is 44.8 Å². The third-order valence-corrected chi connectivity index (χ3v) is 4.62. The largest absolute Gasteiger partial charge is 0.375 e. The number of carbonyl (C=O) groups excluding carboxylic acids is 2. The standard InChI is InChI=1S/C15H27N3O3.ClH/c1-11-12(16-8-9-21-11)13(19)17-10-15(6-4-5-7-15)14(20)18(2)3;/h11-12,16H,4-10H2,1-3H3,(H,17,19);1H/t11-,12+;/m1./s1. The van der Waals surface area contributed by atoms with Gasteiger partial charge in [-0.3, -0.25) is 9.59 Å². The van der Waals surface area contributed by atoms with E-state index in [0.29, 0.717) is 19.7 Å². The van der Waals surface area contributed by atoms with Gasteiger partial charge in [0.2, 0.25) is 11.8 Å². The van der Waals surface area contributed by atoms with E-state index >= 15 is 0 Å². The minimum atomic E-state index is -0.419. The molecule has 22 heavy (non-hydrogen) atoms. The van der Waals surface area contributed by atoms with E-state index in [1.54, 1.807) is 19.0 Å². The first-order chi connectivity index (χ1) is 9.96. The number of carbonyl (C=O) groups is 2. The van der Waals surface area contributed by atoms with E-state index in [1.807, 2.05) is 6.92 Å². The molecule has 128 valence electrons. The minimum Gasteiger partial charge on any atom is -0.375 e. The average molecular weight is 334 g/mol. The van der Waals surface area contributed by atoms with Crippen LogP contribution in [0.5, 0.6) is 0 Å². The van der Waals surface area contributed by atoms with Gasteiger partial charge in [-0.25, -0.2) is 0 Å². The predicted octanol–water partition coefficient (Wildman–Crippen LogP) is 0.550. The fourth-order valence-electron chi connectivity index (χ4n) is 3.39. The maximum Gasteiger partial charge on any atom is 0.239 e. The molecule has 0 unspecified atom stereocenters. The molecule has 2 atom stereocenters. The molecule has 2 fully saturated rings. The summed E-state index contributed by atoms with van der Waals surface area (Å²) in [5.41, 5.74) is -0.419. The average Bonchev–Trinajstić information content (AvgIpc) is 2.94. The number of halogens is 1. The summed E-state index contributed by atoms with van der Waals surface area (Å²) in [6, 6.07) is -0.327. The summed E-state index contributed by atoms with van der Waals surface area (Å²) >= 11 is 0. The summed E-state index contributed by atoms with van der Waals surface area (Å²) in [6.45, 7) is 3.64. The lowest BCUT2D eigenvalue weighted by Crippen LogP contribution is -2.57. The predicted molar refractivity (Wildman–Crippen MR) is 87.1 cm³/mol. The molecule has 2 rings (SSSR count). The zero-order chi connectivity index (χ0) is 15.5. The van der Waals surface area contributed by atoms with Crippen LogP contribution in [0, 0.1) is 5.41 Å². The molecule has 1 aliphatic carbocycles. The van der Waals surface area contributed by atoms with E-state index < -0.39 is 5.41 Å². The fourth-order valence-corrected chi connectivity index (χ4v) is 3.39. The smallest absolute Gasteiger partial charge is 0.239 e. The Kier molecular flexibility index (Phi) is 7.09. The summed E-state index contributed by atoms with van der Waals surface area (Å²) in [6.07, 6.45) is 3.68. The Balaban J connectivity index is 0.00000242. The Bertz CT molecular complexity index is 397. The fraction of sp³-hybridized carbons (Fsp3) is 0.867. The van der Waals surface area contributed by atoms with E-state index in [4.69, 9.17) is 4.74 Å². The molecule has 6 nitrogen and oxygen atoms in total.